The van der Waals surface area contributed by atoms with Gasteiger partial charge in [-0.15, -0.1) is 0 Å². The number of ether oxygens (including phenoxy) is 6. The van der Waals surface area contributed by atoms with Gasteiger partial charge in [0.2, 0.25) is 0 Å². The van der Waals surface area contributed by atoms with Gasteiger partial charge in [0.05, 0.1) is 31.5 Å². The Kier molecular flexibility index (Phi) is 9.49. The number of rotatable bonds is 10. The zero-order valence-electron chi connectivity index (χ0n) is 19.0. The van der Waals surface area contributed by atoms with Gasteiger partial charge in [-0.1, -0.05) is 24.3 Å². The van der Waals surface area contributed by atoms with E-state index in [4.69, 9.17) is 28.4 Å². The van der Waals surface area contributed by atoms with Crippen LogP contribution in [0.2, 0.25) is 0 Å². The third-order valence-electron chi connectivity index (χ3n) is 5.31. The van der Waals surface area contributed by atoms with Crippen LogP contribution in [0.15, 0.2) is 48.5 Å². The number of carbonyl (C=O) groups excluding carboxylic acids is 1. The molecule has 1 saturated heterocycles. The Labute approximate surface area is 189 Å². The van der Waals surface area contributed by atoms with Crippen molar-refractivity contribution in [2.45, 2.75) is 38.3 Å². The summed E-state index contributed by atoms with van der Waals surface area (Å²) in [7, 11) is 3.26. The molecule has 1 fully saturated rings. The van der Waals surface area contributed by atoms with E-state index in [9.17, 15) is 4.79 Å². The first-order chi connectivity index (χ1) is 15.6. The SMILES string of the molecule is COCCCCOc1ccc(-c2ccc(C(=O)OC3COC(OC)COC3C)cc2)cc1. The Hall–Kier alpha value is -2.45. The van der Waals surface area contributed by atoms with Crippen molar-refractivity contribution in [1.82, 2.24) is 0 Å². The lowest BCUT2D eigenvalue weighted by Crippen LogP contribution is -2.33. The average Bonchev–Trinajstić information content (AvgIpc) is 3.00. The van der Waals surface area contributed by atoms with Crippen LogP contribution in [0, 0.1) is 0 Å². The van der Waals surface area contributed by atoms with Gasteiger partial charge in [-0.2, -0.15) is 0 Å². The monoisotopic (exact) mass is 444 g/mol. The minimum absolute atomic E-state index is 0.226. The number of carbonyl (C=O) groups is 1. The number of hydrogen-bond donors (Lipinski definition) is 0. The molecule has 1 aliphatic heterocycles. The van der Waals surface area contributed by atoms with Gasteiger partial charge in [0.15, 0.2) is 12.4 Å². The van der Waals surface area contributed by atoms with Crippen LogP contribution < -0.4 is 4.74 Å². The zero-order chi connectivity index (χ0) is 22.8. The first-order valence-electron chi connectivity index (χ1n) is 10.9. The van der Waals surface area contributed by atoms with E-state index in [0.29, 0.717) is 18.8 Å². The lowest BCUT2D eigenvalue weighted by atomic mass is 10.0. The van der Waals surface area contributed by atoms with Crippen LogP contribution in [0.4, 0.5) is 0 Å². The summed E-state index contributed by atoms with van der Waals surface area (Å²) in [6, 6.07) is 15.3. The minimum atomic E-state index is -0.496. The molecule has 1 heterocycles. The predicted octanol–water partition coefficient (Wildman–Crippen LogP) is 4.09. The van der Waals surface area contributed by atoms with Crippen LogP contribution in [-0.4, -0.2) is 65.1 Å². The van der Waals surface area contributed by atoms with E-state index in [1.165, 1.54) is 0 Å². The van der Waals surface area contributed by atoms with Crippen molar-refractivity contribution in [1.29, 1.82) is 0 Å². The molecule has 2 aromatic carbocycles. The van der Waals surface area contributed by atoms with Gasteiger partial charge in [0, 0.05) is 20.8 Å². The third-order valence-corrected chi connectivity index (χ3v) is 5.31. The number of benzene rings is 2. The summed E-state index contributed by atoms with van der Waals surface area (Å²) < 4.78 is 32.8. The number of methoxy groups -OCH3 is 2. The Balaban J connectivity index is 1.53. The van der Waals surface area contributed by atoms with E-state index in [0.717, 1.165) is 36.3 Å². The molecular formula is C25H32O7. The van der Waals surface area contributed by atoms with Gasteiger partial charge in [0.1, 0.15) is 5.75 Å². The van der Waals surface area contributed by atoms with Crippen LogP contribution in [0.1, 0.15) is 30.1 Å². The molecule has 0 radical (unpaired) electrons. The lowest BCUT2D eigenvalue weighted by molar-refractivity contribution is -0.143. The summed E-state index contributed by atoms with van der Waals surface area (Å²) in [5.74, 6) is 0.428. The van der Waals surface area contributed by atoms with Crippen molar-refractivity contribution in [3.05, 3.63) is 54.1 Å². The molecular weight excluding hydrogens is 412 g/mol. The smallest absolute Gasteiger partial charge is 0.338 e. The van der Waals surface area contributed by atoms with Gasteiger partial charge in [-0.05, 0) is 55.2 Å². The van der Waals surface area contributed by atoms with Gasteiger partial charge < -0.3 is 28.4 Å². The average molecular weight is 445 g/mol. The van der Waals surface area contributed by atoms with Crippen molar-refractivity contribution in [2.24, 2.45) is 0 Å². The maximum atomic E-state index is 12.6. The van der Waals surface area contributed by atoms with E-state index >= 15 is 0 Å². The standard InChI is InChI=1S/C25H32O7/c1-18-23(16-31-24(28-3)17-30-18)32-25(26)21-8-6-19(7-9-21)20-10-12-22(13-11-20)29-15-5-4-14-27-2/h6-13,18,23-24H,4-5,14-17H2,1-3H3. The molecule has 2 aromatic rings. The normalized spacial score (nSPS) is 21.0. The van der Waals surface area contributed by atoms with Crippen molar-refractivity contribution in [3.63, 3.8) is 0 Å². The van der Waals surface area contributed by atoms with E-state index < -0.39 is 18.4 Å². The number of unbranched alkanes of at least 4 members (excludes halogenated alkanes) is 1. The summed E-state index contributed by atoms with van der Waals surface area (Å²) in [6.45, 7) is 3.81. The molecule has 0 aromatic heterocycles. The van der Waals surface area contributed by atoms with Crippen molar-refractivity contribution in [2.75, 3.05) is 40.6 Å². The molecule has 7 heteroatoms. The number of hydrogen-bond acceptors (Lipinski definition) is 7. The predicted molar refractivity (Wildman–Crippen MR) is 120 cm³/mol. The quantitative estimate of drug-likeness (QED) is 0.404. The maximum Gasteiger partial charge on any atom is 0.338 e. The molecule has 0 amide bonds. The van der Waals surface area contributed by atoms with Gasteiger partial charge >= 0.3 is 5.97 Å². The van der Waals surface area contributed by atoms with Crippen LogP contribution in [0.25, 0.3) is 11.1 Å². The Morgan fingerprint density at radius 1 is 0.906 bits per heavy atom. The molecule has 7 nitrogen and oxygen atoms in total. The van der Waals surface area contributed by atoms with Crippen molar-refractivity contribution < 1.29 is 33.2 Å². The lowest BCUT2D eigenvalue weighted by Gasteiger charge is -2.20. The molecule has 0 bridgehead atoms. The summed E-state index contributed by atoms with van der Waals surface area (Å²) in [5, 5.41) is 0. The Morgan fingerprint density at radius 3 is 2.22 bits per heavy atom. The van der Waals surface area contributed by atoms with Gasteiger partial charge in [-0.25, -0.2) is 4.79 Å². The van der Waals surface area contributed by atoms with Crippen LogP contribution in [0.3, 0.4) is 0 Å². The molecule has 3 atom stereocenters. The fourth-order valence-electron chi connectivity index (χ4n) is 3.28. The highest BCUT2D eigenvalue weighted by Crippen LogP contribution is 2.24. The molecule has 0 aliphatic carbocycles. The topological polar surface area (TPSA) is 72.5 Å². The molecule has 1 aliphatic rings. The molecule has 3 unspecified atom stereocenters. The molecule has 0 spiro atoms. The van der Waals surface area contributed by atoms with Crippen LogP contribution in [-0.2, 0) is 23.7 Å². The highest BCUT2D eigenvalue weighted by atomic mass is 16.7. The highest BCUT2D eigenvalue weighted by Gasteiger charge is 2.29. The van der Waals surface area contributed by atoms with Crippen molar-refractivity contribution >= 4 is 5.97 Å². The maximum absolute atomic E-state index is 12.6. The first kappa shape index (κ1) is 24.2. The second-order valence-corrected chi connectivity index (χ2v) is 7.63. The van der Waals surface area contributed by atoms with Crippen LogP contribution >= 0.6 is 0 Å². The van der Waals surface area contributed by atoms with Crippen molar-refractivity contribution in [3.8, 4) is 16.9 Å². The fraction of sp³-hybridized carbons (Fsp3) is 0.480. The first-order valence-corrected chi connectivity index (χ1v) is 10.9. The third kappa shape index (κ3) is 7.03. The summed E-state index contributed by atoms with van der Waals surface area (Å²) in [6.07, 6.45) is 0.714. The molecule has 0 N–H and O–H groups in total. The molecule has 174 valence electrons. The van der Waals surface area contributed by atoms with Crippen LogP contribution in [0.5, 0.6) is 5.75 Å². The van der Waals surface area contributed by atoms with Gasteiger partial charge in [-0.3, -0.25) is 0 Å². The minimum Gasteiger partial charge on any atom is -0.494 e. The molecule has 3 rings (SSSR count). The Morgan fingerprint density at radius 2 is 1.56 bits per heavy atom. The number of esters is 1. The molecule has 32 heavy (non-hydrogen) atoms. The van der Waals surface area contributed by atoms with E-state index in [1.54, 1.807) is 26.4 Å². The Bertz CT molecular complexity index is 819. The second-order valence-electron chi connectivity index (χ2n) is 7.63. The highest BCUT2D eigenvalue weighted by molar-refractivity contribution is 5.90. The summed E-state index contributed by atoms with van der Waals surface area (Å²) in [5.41, 5.74) is 2.52. The fourth-order valence-corrected chi connectivity index (χ4v) is 3.28. The molecule has 0 saturated carbocycles. The van der Waals surface area contributed by atoms with E-state index in [2.05, 4.69) is 0 Å². The summed E-state index contributed by atoms with van der Waals surface area (Å²) in [4.78, 5) is 12.6. The second kappa shape index (κ2) is 12.6. The van der Waals surface area contributed by atoms with E-state index in [1.807, 2.05) is 43.3 Å². The zero-order valence-corrected chi connectivity index (χ0v) is 19.0. The van der Waals surface area contributed by atoms with E-state index in [-0.39, 0.29) is 12.7 Å². The van der Waals surface area contributed by atoms with Gasteiger partial charge in [0.25, 0.3) is 0 Å². The summed E-state index contributed by atoms with van der Waals surface area (Å²) >= 11 is 0. The largest absolute Gasteiger partial charge is 0.494 e.